The summed E-state index contributed by atoms with van der Waals surface area (Å²) in [5.41, 5.74) is -0.245. The monoisotopic (exact) mass is 371 g/mol. The molecule has 0 bridgehead atoms. The maximum absolute atomic E-state index is 12.8. The smallest absolute Gasteiger partial charge is 0.340 e. The zero-order chi connectivity index (χ0) is 19.8. The lowest BCUT2D eigenvalue weighted by atomic mass is 9.81. The van der Waals surface area contributed by atoms with E-state index in [1.54, 1.807) is 39.0 Å². The summed E-state index contributed by atoms with van der Waals surface area (Å²) in [6, 6.07) is 6.41. The van der Waals surface area contributed by atoms with Gasteiger partial charge >= 0.3 is 5.97 Å². The van der Waals surface area contributed by atoms with Gasteiger partial charge in [0, 0.05) is 5.41 Å². The lowest BCUT2D eigenvalue weighted by molar-refractivity contribution is -0.129. The molecule has 2 aliphatic rings. The van der Waals surface area contributed by atoms with E-state index < -0.39 is 11.4 Å². The first kappa shape index (κ1) is 19.3. The fourth-order valence-corrected chi connectivity index (χ4v) is 3.67. The molecule has 1 aromatic rings. The number of imide groups is 1. The van der Waals surface area contributed by atoms with Crippen LogP contribution in [-0.2, 0) is 19.1 Å². The molecule has 0 aromatic heterocycles. The number of Topliss-reactive ketones (excluding diaryl/α,β-unsaturated/α-hetero) is 1. The minimum Gasteiger partial charge on any atom is -0.454 e. The second-order valence-corrected chi connectivity index (χ2v) is 8.28. The molecule has 1 aliphatic carbocycles. The summed E-state index contributed by atoms with van der Waals surface area (Å²) in [5, 5.41) is 0. The van der Waals surface area contributed by atoms with Gasteiger partial charge in [0.2, 0.25) is 11.8 Å². The van der Waals surface area contributed by atoms with Crippen LogP contribution in [0, 0.1) is 17.3 Å². The SMILES string of the molecule is CC(C)(C)C(=O)COC(=O)c1ccccc1N1C(=O)[C@H]2CCCC[C@H]2C1=O. The van der Waals surface area contributed by atoms with Crippen molar-refractivity contribution in [1.82, 2.24) is 0 Å². The molecule has 1 aromatic carbocycles. The Hall–Kier alpha value is -2.50. The zero-order valence-corrected chi connectivity index (χ0v) is 16.0. The predicted molar refractivity (Wildman–Crippen MR) is 99.1 cm³/mol. The number of ether oxygens (including phenoxy) is 1. The summed E-state index contributed by atoms with van der Waals surface area (Å²) in [5.74, 6) is -1.98. The number of carbonyl (C=O) groups excluding carboxylic acids is 4. The van der Waals surface area contributed by atoms with E-state index in [2.05, 4.69) is 0 Å². The van der Waals surface area contributed by atoms with Gasteiger partial charge in [-0.05, 0) is 25.0 Å². The van der Waals surface area contributed by atoms with Gasteiger partial charge in [0.1, 0.15) is 0 Å². The second kappa shape index (κ2) is 7.25. The van der Waals surface area contributed by atoms with Crippen LogP contribution in [0.3, 0.4) is 0 Å². The Labute approximate surface area is 158 Å². The van der Waals surface area contributed by atoms with Gasteiger partial charge in [-0.15, -0.1) is 0 Å². The Kier molecular flexibility index (Phi) is 5.18. The number of nitrogens with zero attached hydrogens (tertiary/aromatic N) is 1. The lowest BCUT2D eigenvalue weighted by Gasteiger charge is -2.19. The van der Waals surface area contributed by atoms with Gasteiger partial charge in [-0.1, -0.05) is 45.7 Å². The van der Waals surface area contributed by atoms with Crippen LogP contribution >= 0.6 is 0 Å². The van der Waals surface area contributed by atoms with E-state index in [1.807, 2.05) is 0 Å². The summed E-state index contributed by atoms with van der Waals surface area (Å²) in [6.45, 7) is 4.91. The standard InChI is InChI=1S/C21H25NO5/c1-21(2,3)17(23)12-27-20(26)15-10-6-7-11-16(15)22-18(24)13-8-4-5-9-14(13)19(22)25/h6-7,10-11,13-14H,4-5,8-9,12H2,1-3H3/t13-,14+. The average molecular weight is 371 g/mol. The Bertz CT molecular complexity index is 768. The molecule has 0 unspecified atom stereocenters. The summed E-state index contributed by atoms with van der Waals surface area (Å²) in [6.07, 6.45) is 3.29. The molecule has 1 heterocycles. The van der Waals surface area contributed by atoms with E-state index in [-0.39, 0.29) is 47.3 Å². The molecule has 2 fully saturated rings. The van der Waals surface area contributed by atoms with E-state index in [0.717, 1.165) is 17.7 Å². The Balaban J connectivity index is 1.84. The number of fused-ring (bicyclic) bond motifs is 1. The van der Waals surface area contributed by atoms with Gasteiger partial charge in [-0.3, -0.25) is 14.4 Å². The van der Waals surface area contributed by atoms with E-state index in [4.69, 9.17) is 4.74 Å². The molecule has 144 valence electrons. The van der Waals surface area contributed by atoms with Crippen LogP contribution in [0.25, 0.3) is 0 Å². The molecule has 2 amide bonds. The van der Waals surface area contributed by atoms with Crippen molar-refractivity contribution < 1.29 is 23.9 Å². The molecule has 27 heavy (non-hydrogen) atoms. The molecular formula is C21H25NO5. The molecule has 2 atom stereocenters. The fourth-order valence-electron chi connectivity index (χ4n) is 3.67. The maximum atomic E-state index is 12.8. The van der Waals surface area contributed by atoms with Gasteiger partial charge in [-0.25, -0.2) is 9.69 Å². The number of benzene rings is 1. The molecule has 1 saturated heterocycles. The number of hydrogen-bond donors (Lipinski definition) is 0. The summed E-state index contributed by atoms with van der Waals surface area (Å²) >= 11 is 0. The average Bonchev–Trinajstić information content (AvgIpc) is 2.89. The normalized spacial score (nSPS) is 22.6. The van der Waals surface area contributed by atoms with Crippen molar-refractivity contribution in [1.29, 1.82) is 0 Å². The number of para-hydroxylation sites is 1. The minimum atomic E-state index is -0.710. The quantitative estimate of drug-likeness (QED) is 0.600. The van der Waals surface area contributed by atoms with Crippen molar-refractivity contribution >= 4 is 29.3 Å². The summed E-state index contributed by atoms with van der Waals surface area (Å²) < 4.78 is 5.17. The van der Waals surface area contributed by atoms with Crippen molar-refractivity contribution in [3.63, 3.8) is 0 Å². The van der Waals surface area contributed by atoms with Crippen molar-refractivity contribution in [2.45, 2.75) is 46.5 Å². The lowest BCUT2D eigenvalue weighted by Crippen LogP contribution is -2.33. The molecule has 6 nitrogen and oxygen atoms in total. The number of hydrogen-bond acceptors (Lipinski definition) is 5. The highest BCUT2D eigenvalue weighted by Crippen LogP contribution is 2.40. The second-order valence-electron chi connectivity index (χ2n) is 8.28. The highest BCUT2D eigenvalue weighted by molar-refractivity contribution is 6.23. The molecule has 0 N–H and O–H groups in total. The number of carbonyl (C=O) groups is 4. The number of amides is 2. The van der Waals surface area contributed by atoms with E-state index in [9.17, 15) is 19.2 Å². The largest absolute Gasteiger partial charge is 0.454 e. The minimum absolute atomic E-state index is 0.125. The molecule has 0 spiro atoms. The van der Waals surface area contributed by atoms with Crippen LogP contribution in [-0.4, -0.2) is 30.2 Å². The highest BCUT2D eigenvalue weighted by Gasteiger charge is 2.49. The molecule has 1 saturated carbocycles. The summed E-state index contributed by atoms with van der Waals surface area (Å²) in [4.78, 5) is 51.4. The first-order chi connectivity index (χ1) is 12.7. The van der Waals surface area contributed by atoms with Gasteiger partial charge < -0.3 is 4.74 Å². The van der Waals surface area contributed by atoms with Gasteiger partial charge in [0.15, 0.2) is 12.4 Å². The first-order valence-electron chi connectivity index (χ1n) is 9.39. The van der Waals surface area contributed by atoms with Crippen molar-refractivity contribution in [3.05, 3.63) is 29.8 Å². The third kappa shape index (κ3) is 3.66. The number of ketones is 1. The van der Waals surface area contributed by atoms with E-state index in [1.165, 1.54) is 6.07 Å². The van der Waals surface area contributed by atoms with Crippen LogP contribution in [0.2, 0.25) is 0 Å². The van der Waals surface area contributed by atoms with E-state index in [0.29, 0.717) is 12.8 Å². The van der Waals surface area contributed by atoms with Gasteiger partial charge in [0.25, 0.3) is 0 Å². The molecular weight excluding hydrogens is 346 g/mol. The highest BCUT2D eigenvalue weighted by atomic mass is 16.5. The molecule has 6 heteroatoms. The Morgan fingerprint density at radius 2 is 1.59 bits per heavy atom. The third-order valence-corrected chi connectivity index (χ3v) is 5.38. The predicted octanol–water partition coefficient (Wildman–Crippen LogP) is 3.14. The van der Waals surface area contributed by atoms with Crippen LogP contribution in [0.15, 0.2) is 24.3 Å². The van der Waals surface area contributed by atoms with Crippen LogP contribution in [0.4, 0.5) is 5.69 Å². The van der Waals surface area contributed by atoms with Crippen molar-refractivity contribution in [2.24, 2.45) is 17.3 Å². The summed E-state index contributed by atoms with van der Waals surface area (Å²) in [7, 11) is 0. The van der Waals surface area contributed by atoms with Crippen molar-refractivity contribution in [3.8, 4) is 0 Å². The van der Waals surface area contributed by atoms with Crippen LogP contribution in [0.5, 0.6) is 0 Å². The van der Waals surface area contributed by atoms with Crippen molar-refractivity contribution in [2.75, 3.05) is 11.5 Å². The van der Waals surface area contributed by atoms with Gasteiger partial charge in [-0.2, -0.15) is 0 Å². The molecule has 3 rings (SSSR count). The number of rotatable bonds is 4. The van der Waals surface area contributed by atoms with Gasteiger partial charge in [0.05, 0.1) is 23.1 Å². The third-order valence-electron chi connectivity index (χ3n) is 5.38. The molecule has 0 radical (unpaired) electrons. The zero-order valence-electron chi connectivity index (χ0n) is 16.0. The van der Waals surface area contributed by atoms with Crippen LogP contribution < -0.4 is 4.90 Å². The Morgan fingerprint density at radius 1 is 1.04 bits per heavy atom. The van der Waals surface area contributed by atoms with Crippen LogP contribution in [0.1, 0.15) is 56.8 Å². The number of esters is 1. The maximum Gasteiger partial charge on any atom is 0.340 e. The fraction of sp³-hybridized carbons (Fsp3) is 0.524. The first-order valence-corrected chi connectivity index (χ1v) is 9.39. The Morgan fingerprint density at radius 3 is 2.15 bits per heavy atom. The number of anilines is 1. The molecule has 1 aliphatic heterocycles. The van der Waals surface area contributed by atoms with E-state index >= 15 is 0 Å². The topological polar surface area (TPSA) is 80.8 Å².